The second-order valence-electron chi connectivity index (χ2n) is 5.02. The number of aliphatic carboxylic acids is 1. The van der Waals surface area contributed by atoms with E-state index in [1.807, 2.05) is 0 Å². The van der Waals surface area contributed by atoms with Crippen molar-refractivity contribution in [3.63, 3.8) is 0 Å². The molecule has 1 aliphatic carbocycles. The van der Waals surface area contributed by atoms with E-state index in [0.29, 0.717) is 6.54 Å². The topological polar surface area (TPSA) is 92.4 Å². The molecule has 1 aliphatic rings. The van der Waals surface area contributed by atoms with Gasteiger partial charge in [-0.25, -0.2) is 0 Å². The van der Waals surface area contributed by atoms with Gasteiger partial charge in [0.05, 0.1) is 11.8 Å². The van der Waals surface area contributed by atoms with E-state index < -0.39 is 11.4 Å². The van der Waals surface area contributed by atoms with E-state index in [0.717, 1.165) is 32.1 Å². The fourth-order valence-corrected chi connectivity index (χ4v) is 2.44. The van der Waals surface area contributed by atoms with Crippen molar-refractivity contribution in [1.29, 1.82) is 0 Å². The van der Waals surface area contributed by atoms with E-state index in [9.17, 15) is 9.59 Å². The van der Waals surface area contributed by atoms with Gasteiger partial charge in [-0.1, -0.05) is 19.3 Å². The van der Waals surface area contributed by atoms with Crippen molar-refractivity contribution in [2.45, 2.75) is 51.5 Å². The van der Waals surface area contributed by atoms with E-state index in [2.05, 4.69) is 5.32 Å². The summed E-state index contributed by atoms with van der Waals surface area (Å²) in [6, 6.07) is -0.342. The van der Waals surface area contributed by atoms with E-state index in [1.165, 1.54) is 0 Å². The second-order valence-corrected chi connectivity index (χ2v) is 5.02. The molecule has 1 unspecified atom stereocenters. The van der Waals surface area contributed by atoms with E-state index in [4.69, 9.17) is 10.8 Å². The molecule has 5 nitrogen and oxygen atoms in total. The van der Waals surface area contributed by atoms with Gasteiger partial charge in [0.1, 0.15) is 0 Å². The van der Waals surface area contributed by atoms with Crippen LogP contribution in [0.5, 0.6) is 0 Å². The van der Waals surface area contributed by atoms with Crippen molar-refractivity contribution >= 4 is 11.9 Å². The Hall–Kier alpha value is -1.10. The minimum absolute atomic E-state index is 0.0492. The third-order valence-electron chi connectivity index (χ3n) is 3.54. The normalized spacial score (nSPS) is 20.6. The molecule has 1 fully saturated rings. The van der Waals surface area contributed by atoms with Gasteiger partial charge < -0.3 is 16.2 Å². The SMILES string of the molecule is CC(CC(=O)O)NC(=O)C1(CN)CCCCC1. The summed E-state index contributed by atoms with van der Waals surface area (Å²) in [7, 11) is 0. The first-order valence-corrected chi connectivity index (χ1v) is 6.23. The highest BCUT2D eigenvalue weighted by Crippen LogP contribution is 2.35. The lowest BCUT2D eigenvalue weighted by Crippen LogP contribution is -2.49. The van der Waals surface area contributed by atoms with E-state index in [-0.39, 0.29) is 18.4 Å². The predicted octanol–water partition coefficient (Wildman–Crippen LogP) is 0.875. The lowest BCUT2D eigenvalue weighted by molar-refractivity contribution is -0.138. The molecule has 0 spiro atoms. The third kappa shape index (κ3) is 3.70. The molecule has 1 rings (SSSR count). The van der Waals surface area contributed by atoms with E-state index >= 15 is 0 Å². The van der Waals surface area contributed by atoms with Crippen molar-refractivity contribution in [1.82, 2.24) is 5.32 Å². The van der Waals surface area contributed by atoms with Gasteiger partial charge in [-0.3, -0.25) is 9.59 Å². The molecule has 1 atom stereocenters. The highest BCUT2D eigenvalue weighted by atomic mass is 16.4. The number of carbonyl (C=O) groups excluding carboxylic acids is 1. The number of amides is 1. The Kier molecular flexibility index (Phi) is 4.93. The Morgan fingerprint density at radius 2 is 1.94 bits per heavy atom. The second kappa shape index (κ2) is 6.00. The number of carboxylic acid groups (broad SMARTS) is 1. The van der Waals surface area contributed by atoms with Crippen LogP contribution in [0.4, 0.5) is 0 Å². The number of nitrogens with two attached hydrogens (primary N) is 1. The van der Waals surface area contributed by atoms with Crippen LogP contribution < -0.4 is 11.1 Å². The smallest absolute Gasteiger partial charge is 0.305 e. The molecule has 4 N–H and O–H groups in total. The van der Waals surface area contributed by atoms with Crippen molar-refractivity contribution in [2.75, 3.05) is 6.54 Å². The first kappa shape index (κ1) is 14.0. The summed E-state index contributed by atoms with van der Waals surface area (Å²) in [6.45, 7) is 2.05. The van der Waals surface area contributed by atoms with Crippen molar-refractivity contribution < 1.29 is 14.7 Å². The van der Waals surface area contributed by atoms with Crippen LogP contribution in [0.2, 0.25) is 0 Å². The maximum atomic E-state index is 12.2. The van der Waals surface area contributed by atoms with Gasteiger partial charge in [0.2, 0.25) is 5.91 Å². The molecule has 0 bridgehead atoms. The standard InChI is InChI=1S/C12H22N2O3/c1-9(7-10(15)16)14-11(17)12(8-13)5-3-2-4-6-12/h9H,2-8,13H2,1H3,(H,14,17)(H,15,16). The van der Waals surface area contributed by atoms with Crippen molar-refractivity contribution in [2.24, 2.45) is 11.1 Å². The Bertz CT molecular complexity index is 285. The molecule has 0 aromatic carbocycles. The van der Waals surface area contributed by atoms with Crippen LogP contribution in [0.15, 0.2) is 0 Å². The molecule has 0 aromatic heterocycles. The molecular formula is C12H22N2O3. The summed E-state index contributed by atoms with van der Waals surface area (Å²) in [4.78, 5) is 22.7. The van der Waals surface area contributed by atoms with Crippen LogP contribution in [0.1, 0.15) is 45.4 Å². The summed E-state index contributed by atoms with van der Waals surface area (Å²) < 4.78 is 0. The maximum absolute atomic E-state index is 12.2. The first-order valence-electron chi connectivity index (χ1n) is 6.23. The van der Waals surface area contributed by atoms with Gasteiger partial charge in [0, 0.05) is 12.6 Å². The molecule has 0 saturated heterocycles. The first-order chi connectivity index (χ1) is 8.00. The zero-order valence-electron chi connectivity index (χ0n) is 10.4. The van der Waals surface area contributed by atoms with Gasteiger partial charge in [-0.05, 0) is 19.8 Å². The quantitative estimate of drug-likeness (QED) is 0.667. The van der Waals surface area contributed by atoms with Crippen molar-refractivity contribution in [3.8, 4) is 0 Å². The summed E-state index contributed by atoms with van der Waals surface area (Å²) in [5.74, 6) is -0.975. The lowest BCUT2D eigenvalue weighted by Gasteiger charge is -2.35. The fourth-order valence-electron chi connectivity index (χ4n) is 2.44. The van der Waals surface area contributed by atoms with Crippen molar-refractivity contribution in [3.05, 3.63) is 0 Å². The fraction of sp³-hybridized carbons (Fsp3) is 0.833. The number of carboxylic acids is 1. The van der Waals surface area contributed by atoms with Crippen LogP contribution in [-0.2, 0) is 9.59 Å². The average molecular weight is 242 g/mol. The zero-order chi connectivity index (χ0) is 12.9. The molecule has 98 valence electrons. The average Bonchev–Trinajstić information content (AvgIpc) is 2.28. The van der Waals surface area contributed by atoms with Gasteiger partial charge >= 0.3 is 5.97 Å². The highest BCUT2D eigenvalue weighted by molar-refractivity contribution is 5.83. The molecule has 0 heterocycles. The summed E-state index contributed by atoms with van der Waals surface area (Å²) in [6.07, 6.45) is 4.78. The minimum atomic E-state index is -0.900. The number of hydrogen-bond acceptors (Lipinski definition) is 3. The molecule has 0 aliphatic heterocycles. The van der Waals surface area contributed by atoms with Gasteiger partial charge in [0.15, 0.2) is 0 Å². The number of nitrogens with one attached hydrogen (secondary N) is 1. The molecule has 1 saturated carbocycles. The molecular weight excluding hydrogens is 220 g/mol. The Morgan fingerprint density at radius 3 is 2.41 bits per heavy atom. The minimum Gasteiger partial charge on any atom is -0.481 e. The van der Waals surface area contributed by atoms with E-state index in [1.54, 1.807) is 6.92 Å². The molecule has 1 amide bonds. The molecule has 17 heavy (non-hydrogen) atoms. The number of rotatable bonds is 5. The Morgan fingerprint density at radius 1 is 1.35 bits per heavy atom. The number of carbonyl (C=O) groups is 2. The highest BCUT2D eigenvalue weighted by Gasteiger charge is 2.38. The summed E-state index contributed by atoms with van der Waals surface area (Å²) in [5, 5.41) is 11.4. The summed E-state index contributed by atoms with van der Waals surface area (Å²) in [5.41, 5.74) is 5.27. The largest absolute Gasteiger partial charge is 0.481 e. The third-order valence-corrected chi connectivity index (χ3v) is 3.54. The van der Waals surface area contributed by atoms with Gasteiger partial charge in [0.25, 0.3) is 0 Å². The molecule has 5 heteroatoms. The van der Waals surface area contributed by atoms with Crippen LogP contribution in [0.3, 0.4) is 0 Å². The van der Waals surface area contributed by atoms with Crippen LogP contribution in [0, 0.1) is 5.41 Å². The Labute approximate surface area is 102 Å². The van der Waals surface area contributed by atoms with Crippen LogP contribution >= 0.6 is 0 Å². The zero-order valence-corrected chi connectivity index (χ0v) is 10.4. The summed E-state index contributed by atoms with van der Waals surface area (Å²) >= 11 is 0. The molecule has 0 radical (unpaired) electrons. The van der Waals surface area contributed by atoms with Gasteiger partial charge in [-0.15, -0.1) is 0 Å². The maximum Gasteiger partial charge on any atom is 0.305 e. The van der Waals surface area contributed by atoms with Crippen LogP contribution in [-0.4, -0.2) is 29.6 Å². The predicted molar refractivity (Wildman–Crippen MR) is 64.4 cm³/mol. The monoisotopic (exact) mass is 242 g/mol. The van der Waals surface area contributed by atoms with Crippen LogP contribution in [0.25, 0.3) is 0 Å². The lowest BCUT2D eigenvalue weighted by atomic mass is 9.73. The molecule has 0 aromatic rings. The number of hydrogen-bond donors (Lipinski definition) is 3. The van der Waals surface area contributed by atoms with Gasteiger partial charge in [-0.2, -0.15) is 0 Å². The Balaban J connectivity index is 2.57.